The Balaban J connectivity index is 1.57. The molecular formula is C20H22FN7O2. The Hall–Kier alpha value is -3.24. The summed E-state index contributed by atoms with van der Waals surface area (Å²) < 4.78 is 20.1. The molecular weight excluding hydrogens is 389 g/mol. The first kappa shape index (κ1) is 20.0. The van der Waals surface area contributed by atoms with E-state index in [2.05, 4.69) is 30.7 Å². The number of amides is 1. The molecule has 0 saturated carbocycles. The molecule has 1 N–H and O–H groups in total. The molecule has 0 aliphatic carbocycles. The summed E-state index contributed by atoms with van der Waals surface area (Å²) in [5, 5.41) is 14.2. The number of carbonyl (C=O) groups is 1. The van der Waals surface area contributed by atoms with Gasteiger partial charge in [0.1, 0.15) is 12.1 Å². The number of nitrogens with zero attached hydrogens (tertiary/aromatic N) is 6. The van der Waals surface area contributed by atoms with Crippen LogP contribution in [0, 0.1) is 5.82 Å². The van der Waals surface area contributed by atoms with E-state index >= 15 is 0 Å². The Kier molecular flexibility index (Phi) is 6.05. The second-order valence-corrected chi connectivity index (χ2v) is 7.17. The van der Waals surface area contributed by atoms with E-state index in [-0.39, 0.29) is 11.9 Å². The second-order valence-electron chi connectivity index (χ2n) is 7.17. The van der Waals surface area contributed by atoms with E-state index in [1.54, 1.807) is 24.3 Å². The molecule has 156 valence electrons. The summed E-state index contributed by atoms with van der Waals surface area (Å²) in [6.45, 7) is 5.85. The molecule has 30 heavy (non-hydrogen) atoms. The molecule has 1 fully saturated rings. The summed E-state index contributed by atoms with van der Waals surface area (Å²) in [4.78, 5) is 19.3. The summed E-state index contributed by atoms with van der Waals surface area (Å²) in [6, 6.07) is 8.09. The average Bonchev–Trinajstić information content (AvgIpc) is 3.29. The van der Waals surface area contributed by atoms with Crippen LogP contribution in [0.3, 0.4) is 0 Å². The number of hydrogen-bond donors (Lipinski definition) is 1. The number of aromatic nitrogens is 5. The smallest absolute Gasteiger partial charge is 0.251 e. The van der Waals surface area contributed by atoms with Crippen molar-refractivity contribution in [3.8, 4) is 16.9 Å². The van der Waals surface area contributed by atoms with Gasteiger partial charge in [0.05, 0.1) is 30.8 Å². The van der Waals surface area contributed by atoms with Crippen LogP contribution in [0.4, 0.5) is 4.39 Å². The van der Waals surface area contributed by atoms with Gasteiger partial charge < -0.3 is 10.1 Å². The number of carbonyl (C=O) groups excluding carboxylic acids is 1. The van der Waals surface area contributed by atoms with Crippen LogP contribution in [0.2, 0.25) is 0 Å². The van der Waals surface area contributed by atoms with E-state index in [4.69, 9.17) is 4.74 Å². The standard InChI is InChI=1S/C20H22FN7O2/c1-14(12-27-4-6-30-7-5-27)24-20(29)16-8-15(19-3-2-17(21)11-22-19)9-18(10-16)28-13-23-25-26-28/h2-3,8-11,13-14H,4-7,12H2,1H3,(H,24,29)/t14-/m1/s1. The molecule has 3 aromatic rings. The van der Waals surface area contributed by atoms with Gasteiger partial charge in [-0.3, -0.25) is 14.7 Å². The fourth-order valence-corrected chi connectivity index (χ4v) is 3.37. The van der Waals surface area contributed by atoms with Gasteiger partial charge in [-0.2, -0.15) is 0 Å². The Morgan fingerprint density at radius 1 is 1.27 bits per heavy atom. The molecule has 1 aliphatic rings. The molecule has 4 rings (SSSR count). The maximum Gasteiger partial charge on any atom is 0.251 e. The summed E-state index contributed by atoms with van der Waals surface area (Å²) >= 11 is 0. The summed E-state index contributed by atoms with van der Waals surface area (Å²) in [7, 11) is 0. The highest BCUT2D eigenvalue weighted by Crippen LogP contribution is 2.23. The minimum atomic E-state index is -0.426. The minimum Gasteiger partial charge on any atom is -0.379 e. The Labute approximate surface area is 172 Å². The van der Waals surface area contributed by atoms with Crippen molar-refractivity contribution >= 4 is 5.91 Å². The first-order valence-corrected chi connectivity index (χ1v) is 9.70. The third kappa shape index (κ3) is 4.84. The van der Waals surface area contributed by atoms with Crippen molar-refractivity contribution in [3.63, 3.8) is 0 Å². The molecule has 0 bridgehead atoms. The molecule has 1 amide bonds. The molecule has 0 radical (unpaired) electrons. The van der Waals surface area contributed by atoms with Gasteiger partial charge in [-0.1, -0.05) is 0 Å². The topological polar surface area (TPSA) is 98.1 Å². The fourth-order valence-electron chi connectivity index (χ4n) is 3.37. The number of benzene rings is 1. The molecule has 3 heterocycles. The highest BCUT2D eigenvalue weighted by Gasteiger charge is 2.17. The highest BCUT2D eigenvalue weighted by atomic mass is 19.1. The van der Waals surface area contributed by atoms with Crippen molar-refractivity contribution < 1.29 is 13.9 Å². The van der Waals surface area contributed by atoms with Gasteiger partial charge in [0, 0.05) is 36.8 Å². The van der Waals surface area contributed by atoms with Crippen molar-refractivity contribution in [3.05, 3.63) is 54.2 Å². The lowest BCUT2D eigenvalue weighted by molar-refractivity contribution is 0.0342. The molecule has 1 aromatic carbocycles. The van der Waals surface area contributed by atoms with Crippen LogP contribution in [-0.2, 0) is 4.74 Å². The third-order valence-corrected chi connectivity index (χ3v) is 4.83. The molecule has 10 heteroatoms. The van der Waals surface area contributed by atoms with E-state index in [0.717, 1.165) is 25.8 Å². The first-order chi connectivity index (χ1) is 14.6. The van der Waals surface area contributed by atoms with Crippen LogP contribution < -0.4 is 5.32 Å². The fraction of sp³-hybridized carbons (Fsp3) is 0.350. The van der Waals surface area contributed by atoms with Gasteiger partial charge >= 0.3 is 0 Å². The normalized spacial score (nSPS) is 15.7. The minimum absolute atomic E-state index is 0.0420. The molecule has 2 aromatic heterocycles. The predicted molar refractivity (Wildman–Crippen MR) is 107 cm³/mol. The van der Waals surface area contributed by atoms with Crippen molar-refractivity contribution in [2.24, 2.45) is 0 Å². The number of hydrogen-bond acceptors (Lipinski definition) is 7. The third-order valence-electron chi connectivity index (χ3n) is 4.83. The number of pyridine rings is 1. The van der Waals surface area contributed by atoms with Gasteiger partial charge in [0.2, 0.25) is 0 Å². The SMILES string of the molecule is C[C@H](CN1CCOCC1)NC(=O)c1cc(-c2ccc(F)cn2)cc(-n2cnnn2)c1. The number of ether oxygens (including phenoxy) is 1. The predicted octanol–water partition coefficient (Wildman–Crippen LogP) is 1.31. The summed E-state index contributed by atoms with van der Waals surface area (Å²) in [5.74, 6) is -0.640. The van der Waals surface area contributed by atoms with Crippen LogP contribution in [0.15, 0.2) is 42.9 Å². The number of nitrogens with one attached hydrogen (secondary N) is 1. The van der Waals surface area contributed by atoms with E-state index in [9.17, 15) is 9.18 Å². The highest BCUT2D eigenvalue weighted by molar-refractivity contribution is 5.96. The number of rotatable bonds is 6. The van der Waals surface area contributed by atoms with Crippen molar-refractivity contribution in [1.29, 1.82) is 0 Å². The maximum absolute atomic E-state index is 13.3. The Morgan fingerprint density at radius 3 is 2.80 bits per heavy atom. The van der Waals surface area contributed by atoms with Crippen LogP contribution >= 0.6 is 0 Å². The number of halogens is 1. The van der Waals surface area contributed by atoms with Crippen LogP contribution in [0.1, 0.15) is 17.3 Å². The summed E-state index contributed by atoms with van der Waals surface area (Å²) in [5.41, 5.74) is 2.25. The van der Waals surface area contributed by atoms with Gasteiger partial charge in [-0.15, -0.1) is 5.10 Å². The van der Waals surface area contributed by atoms with E-state index in [1.165, 1.54) is 17.1 Å². The summed E-state index contributed by atoms with van der Waals surface area (Å²) in [6.07, 6.45) is 2.59. The zero-order valence-corrected chi connectivity index (χ0v) is 16.5. The van der Waals surface area contributed by atoms with Crippen molar-refractivity contribution in [1.82, 2.24) is 35.4 Å². The van der Waals surface area contributed by atoms with E-state index in [0.29, 0.717) is 35.7 Å². The number of morpholine rings is 1. The number of tetrazole rings is 1. The maximum atomic E-state index is 13.3. The van der Waals surface area contributed by atoms with E-state index < -0.39 is 5.82 Å². The lowest BCUT2D eigenvalue weighted by atomic mass is 10.0. The molecule has 0 spiro atoms. The van der Waals surface area contributed by atoms with Crippen LogP contribution in [0.25, 0.3) is 16.9 Å². The zero-order valence-electron chi connectivity index (χ0n) is 16.5. The second kappa shape index (κ2) is 9.06. The Morgan fingerprint density at radius 2 is 2.10 bits per heavy atom. The van der Waals surface area contributed by atoms with Crippen LogP contribution in [0.5, 0.6) is 0 Å². The van der Waals surface area contributed by atoms with Gasteiger partial charge in [0.25, 0.3) is 5.91 Å². The largest absolute Gasteiger partial charge is 0.379 e. The Bertz CT molecular complexity index is 989. The van der Waals surface area contributed by atoms with Crippen molar-refractivity contribution in [2.75, 3.05) is 32.8 Å². The monoisotopic (exact) mass is 411 g/mol. The van der Waals surface area contributed by atoms with Crippen LogP contribution in [-0.4, -0.2) is 74.9 Å². The van der Waals surface area contributed by atoms with Gasteiger partial charge in [0.15, 0.2) is 0 Å². The molecule has 1 aliphatic heterocycles. The average molecular weight is 411 g/mol. The first-order valence-electron chi connectivity index (χ1n) is 9.70. The lowest BCUT2D eigenvalue weighted by Gasteiger charge is -2.29. The lowest BCUT2D eigenvalue weighted by Crippen LogP contribution is -2.46. The molecule has 9 nitrogen and oxygen atoms in total. The van der Waals surface area contributed by atoms with Crippen molar-refractivity contribution in [2.45, 2.75) is 13.0 Å². The zero-order chi connectivity index (χ0) is 20.9. The molecule has 1 saturated heterocycles. The van der Waals surface area contributed by atoms with Gasteiger partial charge in [-0.25, -0.2) is 9.07 Å². The molecule has 1 atom stereocenters. The molecule has 0 unspecified atom stereocenters. The quantitative estimate of drug-likeness (QED) is 0.653. The van der Waals surface area contributed by atoms with E-state index in [1.807, 2.05) is 6.92 Å². The van der Waals surface area contributed by atoms with Gasteiger partial charge in [-0.05, 0) is 47.7 Å².